The van der Waals surface area contributed by atoms with Crippen LogP contribution in [0.25, 0.3) is 0 Å². The second-order valence-electron chi connectivity index (χ2n) is 3.62. The topological polar surface area (TPSA) is 77.2 Å². The van der Waals surface area contributed by atoms with E-state index in [-0.39, 0.29) is 5.91 Å². The van der Waals surface area contributed by atoms with Crippen molar-refractivity contribution in [2.75, 3.05) is 12.8 Å². The molecule has 3 N–H and O–H groups in total. The normalized spacial score (nSPS) is 10.1. The third kappa shape index (κ3) is 2.78. The lowest BCUT2D eigenvalue weighted by molar-refractivity contribution is 0.0955. The number of nitrogen functional groups attached to an aromatic ring is 1. The van der Waals surface area contributed by atoms with Gasteiger partial charge in [0.2, 0.25) is 0 Å². The first-order valence-electron chi connectivity index (χ1n) is 5.30. The van der Waals surface area contributed by atoms with Crippen LogP contribution in [-0.2, 0) is 6.54 Å². The molecule has 18 heavy (non-hydrogen) atoms. The number of methoxy groups -OCH3 is 1. The van der Waals surface area contributed by atoms with Gasteiger partial charge in [-0.2, -0.15) is 0 Å². The average molecular weight is 263 g/mol. The van der Waals surface area contributed by atoms with E-state index >= 15 is 0 Å². The molecular formula is C12H13N3O2S. The number of benzene rings is 1. The van der Waals surface area contributed by atoms with E-state index in [1.54, 1.807) is 30.9 Å². The fraction of sp³-hybridized carbons (Fsp3) is 0.167. The first-order valence-corrected chi connectivity index (χ1v) is 6.17. The fourth-order valence-electron chi connectivity index (χ4n) is 1.49. The summed E-state index contributed by atoms with van der Waals surface area (Å²) in [5, 5.41) is 2.80. The van der Waals surface area contributed by atoms with Crippen LogP contribution in [0.1, 0.15) is 15.2 Å². The molecule has 2 rings (SSSR count). The molecule has 0 aliphatic rings. The molecule has 94 valence electrons. The quantitative estimate of drug-likeness (QED) is 0.822. The van der Waals surface area contributed by atoms with Crippen molar-refractivity contribution in [1.82, 2.24) is 10.3 Å². The number of hydrogen-bond acceptors (Lipinski definition) is 5. The number of thiazole rings is 1. The highest BCUT2D eigenvalue weighted by molar-refractivity contribution is 7.11. The minimum atomic E-state index is -0.133. The Bertz CT molecular complexity index is 540. The van der Waals surface area contributed by atoms with Crippen molar-refractivity contribution >= 4 is 22.9 Å². The number of carbonyl (C=O) groups excluding carboxylic acids is 1. The van der Waals surface area contributed by atoms with E-state index in [1.807, 2.05) is 6.07 Å². The van der Waals surface area contributed by atoms with Crippen molar-refractivity contribution in [2.24, 2.45) is 0 Å². The summed E-state index contributed by atoms with van der Waals surface area (Å²) in [6.07, 6.45) is 1.54. The number of rotatable bonds is 4. The van der Waals surface area contributed by atoms with Gasteiger partial charge in [0, 0.05) is 6.54 Å². The Labute approximate surface area is 109 Å². The van der Waals surface area contributed by atoms with Crippen LogP contribution >= 0.6 is 11.3 Å². The third-order valence-electron chi connectivity index (χ3n) is 2.40. The predicted molar refractivity (Wildman–Crippen MR) is 70.7 cm³/mol. The van der Waals surface area contributed by atoms with E-state index in [9.17, 15) is 4.79 Å². The number of nitrogens with two attached hydrogens (primary N) is 1. The highest BCUT2D eigenvalue weighted by Gasteiger charge is 2.07. The Morgan fingerprint density at radius 3 is 3.00 bits per heavy atom. The van der Waals surface area contributed by atoms with Gasteiger partial charge in [-0.05, 0) is 17.7 Å². The number of ether oxygens (including phenoxy) is 1. The maximum Gasteiger partial charge on any atom is 0.263 e. The van der Waals surface area contributed by atoms with Crippen LogP contribution < -0.4 is 15.8 Å². The zero-order chi connectivity index (χ0) is 13.0. The first-order chi connectivity index (χ1) is 8.70. The maximum atomic E-state index is 11.7. The molecule has 0 atom stereocenters. The van der Waals surface area contributed by atoms with Crippen molar-refractivity contribution in [3.05, 3.63) is 40.3 Å². The van der Waals surface area contributed by atoms with Gasteiger partial charge in [0.25, 0.3) is 5.91 Å². The second kappa shape index (κ2) is 5.50. The first kappa shape index (κ1) is 12.4. The Balaban J connectivity index is 1.98. The maximum absolute atomic E-state index is 11.7. The summed E-state index contributed by atoms with van der Waals surface area (Å²) in [6, 6.07) is 5.43. The highest BCUT2D eigenvalue weighted by Crippen LogP contribution is 2.21. The molecule has 0 bridgehead atoms. The third-order valence-corrected chi connectivity index (χ3v) is 3.18. The Hall–Kier alpha value is -2.08. The molecule has 0 saturated carbocycles. The summed E-state index contributed by atoms with van der Waals surface area (Å²) in [6.45, 7) is 0.422. The fourth-order valence-corrected chi connectivity index (χ4v) is 2.03. The van der Waals surface area contributed by atoms with Crippen molar-refractivity contribution < 1.29 is 9.53 Å². The van der Waals surface area contributed by atoms with Crippen LogP contribution in [0.2, 0.25) is 0 Å². The van der Waals surface area contributed by atoms with E-state index < -0.39 is 0 Å². The number of anilines is 1. The van der Waals surface area contributed by atoms with Crippen LogP contribution in [-0.4, -0.2) is 18.0 Å². The van der Waals surface area contributed by atoms with Crippen LogP contribution in [0.4, 0.5) is 5.69 Å². The van der Waals surface area contributed by atoms with Gasteiger partial charge in [-0.3, -0.25) is 9.78 Å². The summed E-state index contributed by atoms with van der Waals surface area (Å²) in [4.78, 5) is 16.1. The number of nitrogens with zero attached hydrogens (tertiary/aromatic N) is 1. The average Bonchev–Trinajstić information content (AvgIpc) is 2.90. The largest absolute Gasteiger partial charge is 0.495 e. The molecule has 1 aromatic carbocycles. The Kier molecular flexibility index (Phi) is 3.78. The van der Waals surface area contributed by atoms with Crippen molar-refractivity contribution in [2.45, 2.75) is 6.54 Å². The standard InChI is InChI=1S/C12H13N3O2S/c1-17-10-3-2-8(4-9(10)13)5-15-12(16)11-6-14-7-18-11/h2-4,6-7H,5,13H2,1H3,(H,15,16). The number of amides is 1. The second-order valence-corrected chi connectivity index (χ2v) is 4.51. The lowest BCUT2D eigenvalue weighted by atomic mass is 10.2. The van der Waals surface area contributed by atoms with Crippen LogP contribution in [0.3, 0.4) is 0 Å². The van der Waals surface area contributed by atoms with Crippen molar-refractivity contribution in [3.8, 4) is 5.75 Å². The molecule has 1 aromatic heterocycles. The number of nitrogens with one attached hydrogen (secondary N) is 1. The van der Waals surface area contributed by atoms with E-state index in [2.05, 4.69) is 10.3 Å². The van der Waals surface area contributed by atoms with E-state index in [0.29, 0.717) is 22.9 Å². The summed E-state index contributed by atoms with van der Waals surface area (Å²) in [7, 11) is 1.57. The van der Waals surface area contributed by atoms with Crippen molar-refractivity contribution in [1.29, 1.82) is 0 Å². The molecule has 0 radical (unpaired) electrons. The van der Waals surface area contributed by atoms with Gasteiger partial charge < -0.3 is 15.8 Å². The summed E-state index contributed by atoms with van der Waals surface area (Å²) in [5.41, 5.74) is 8.89. The van der Waals surface area contributed by atoms with Gasteiger partial charge >= 0.3 is 0 Å². The highest BCUT2D eigenvalue weighted by atomic mass is 32.1. The summed E-state index contributed by atoms with van der Waals surface area (Å²) >= 11 is 1.31. The monoisotopic (exact) mass is 263 g/mol. The summed E-state index contributed by atoms with van der Waals surface area (Å²) < 4.78 is 5.07. The van der Waals surface area contributed by atoms with Gasteiger partial charge in [0.15, 0.2) is 0 Å². The Morgan fingerprint density at radius 2 is 2.39 bits per heavy atom. The van der Waals surface area contributed by atoms with Gasteiger partial charge in [0.05, 0.1) is 24.5 Å². The molecule has 0 aliphatic heterocycles. The van der Waals surface area contributed by atoms with Gasteiger partial charge in [0.1, 0.15) is 10.6 Å². The molecule has 5 nitrogen and oxygen atoms in total. The van der Waals surface area contributed by atoms with Gasteiger partial charge in [-0.25, -0.2) is 0 Å². The SMILES string of the molecule is COc1ccc(CNC(=O)c2cncs2)cc1N. The zero-order valence-corrected chi connectivity index (χ0v) is 10.7. The van der Waals surface area contributed by atoms with Crippen LogP contribution in [0.15, 0.2) is 29.9 Å². The molecule has 0 spiro atoms. The molecule has 2 aromatic rings. The predicted octanol–water partition coefficient (Wildman–Crippen LogP) is 1.66. The van der Waals surface area contributed by atoms with Crippen LogP contribution in [0.5, 0.6) is 5.75 Å². The molecular weight excluding hydrogens is 250 g/mol. The zero-order valence-electron chi connectivity index (χ0n) is 9.84. The van der Waals surface area contributed by atoms with Gasteiger partial charge in [-0.1, -0.05) is 6.07 Å². The minimum Gasteiger partial charge on any atom is -0.495 e. The summed E-state index contributed by atoms with van der Waals surface area (Å²) in [5.74, 6) is 0.499. The number of aromatic nitrogens is 1. The smallest absolute Gasteiger partial charge is 0.263 e. The van der Waals surface area contributed by atoms with E-state index in [4.69, 9.17) is 10.5 Å². The van der Waals surface area contributed by atoms with E-state index in [0.717, 1.165) is 5.56 Å². The molecule has 0 saturated heterocycles. The van der Waals surface area contributed by atoms with Crippen LogP contribution in [0, 0.1) is 0 Å². The number of carbonyl (C=O) groups is 1. The van der Waals surface area contributed by atoms with E-state index in [1.165, 1.54) is 11.3 Å². The van der Waals surface area contributed by atoms with Crippen molar-refractivity contribution in [3.63, 3.8) is 0 Å². The molecule has 0 aliphatic carbocycles. The molecule has 6 heteroatoms. The molecule has 1 amide bonds. The molecule has 1 heterocycles. The molecule has 0 unspecified atom stereocenters. The lowest BCUT2D eigenvalue weighted by Gasteiger charge is -2.07. The van der Waals surface area contributed by atoms with Gasteiger partial charge in [-0.15, -0.1) is 11.3 Å². The Morgan fingerprint density at radius 1 is 1.56 bits per heavy atom. The lowest BCUT2D eigenvalue weighted by Crippen LogP contribution is -2.21. The minimum absolute atomic E-state index is 0.133. The number of hydrogen-bond donors (Lipinski definition) is 2. The molecule has 0 fully saturated rings.